The van der Waals surface area contributed by atoms with Crippen molar-refractivity contribution in [3.8, 4) is 5.75 Å². The second kappa shape index (κ2) is 7.96. The monoisotopic (exact) mass is 346 g/mol. The molecule has 2 aliphatic rings. The molecule has 0 aromatic heterocycles. The largest absolute Gasteiger partial charge is 0.492 e. The first-order valence-electron chi connectivity index (χ1n) is 7.75. The summed E-state index contributed by atoms with van der Waals surface area (Å²) < 4.78 is 5.65. The Hall–Kier alpha value is -2.35. The molecule has 2 fully saturated rings. The third kappa shape index (κ3) is 4.58. The number of benzene rings is 1. The van der Waals surface area contributed by atoms with E-state index in [2.05, 4.69) is 15.5 Å². The van der Waals surface area contributed by atoms with E-state index in [1.165, 1.54) is 11.8 Å². The van der Waals surface area contributed by atoms with E-state index in [0.717, 1.165) is 24.3 Å². The minimum Gasteiger partial charge on any atom is -0.492 e. The second-order valence-corrected chi connectivity index (χ2v) is 6.35. The Morgan fingerprint density at radius 3 is 2.79 bits per heavy atom. The van der Waals surface area contributed by atoms with Crippen LogP contribution in [0.25, 0.3) is 0 Å². The van der Waals surface area contributed by atoms with Crippen molar-refractivity contribution in [1.29, 1.82) is 0 Å². The number of nitrogens with one attached hydrogen (secondary N) is 1. The molecule has 3 rings (SSSR count). The van der Waals surface area contributed by atoms with E-state index in [0.29, 0.717) is 30.5 Å². The standard InChI is InChI=1S/C16H18N4O3S/c21-14-11-24-16(18-14)19-17-10-12-3-5-13(6-4-12)23-9-8-20-7-1-2-15(20)22/h3-6,10H,1-2,7-9,11H2,(H,18,19,21). The van der Waals surface area contributed by atoms with Crippen molar-refractivity contribution in [2.24, 2.45) is 10.2 Å². The summed E-state index contributed by atoms with van der Waals surface area (Å²) in [4.78, 5) is 24.3. The van der Waals surface area contributed by atoms with E-state index in [1.807, 2.05) is 29.2 Å². The molecule has 0 unspecified atom stereocenters. The van der Waals surface area contributed by atoms with Gasteiger partial charge in [0.05, 0.1) is 18.5 Å². The van der Waals surface area contributed by atoms with E-state index in [1.54, 1.807) is 6.21 Å². The van der Waals surface area contributed by atoms with Gasteiger partial charge < -0.3 is 15.0 Å². The number of amidine groups is 1. The first-order chi connectivity index (χ1) is 11.7. The van der Waals surface area contributed by atoms with Crippen LogP contribution in [0.4, 0.5) is 0 Å². The minimum atomic E-state index is -0.0499. The van der Waals surface area contributed by atoms with Gasteiger partial charge in [0.25, 0.3) is 0 Å². The van der Waals surface area contributed by atoms with Gasteiger partial charge in [0.15, 0.2) is 5.17 Å². The topological polar surface area (TPSA) is 83.4 Å². The molecular formula is C16H18N4O3S. The van der Waals surface area contributed by atoms with Crippen molar-refractivity contribution >= 4 is 35.0 Å². The average molecular weight is 346 g/mol. The molecule has 7 nitrogen and oxygen atoms in total. The summed E-state index contributed by atoms with van der Waals surface area (Å²) in [5, 5.41) is 11.0. The summed E-state index contributed by atoms with van der Waals surface area (Å²) in [6, 6.07) is 7.46. The van der Waals surface area contributed by atoms with Crippen LogP contribution < -0.4 is 10.1 Å². The van der Waals surface area contributed by atoms with Gasteiger partial charge in [-0.2, -0.15) is 5.10 Å². The molecule has 2 saturated heterocycles. The van der Waals surface area contributed by atoms with Crippen LogP contribution in [0.3, 0.4) is 0 Å². The van der Waals surface area contributed by atoms with Crippen molar-refractivity contribution < 1.29 is 14.3 Å². The molecule has 2 amide bonds. The van der Waals surface area contributed by atoms with Crippen LogP contribution in [0.5, 0.6) is 5.75 Å². The quantitative estimate of drug-likeness (QED) is 0.620. The lowest BCUT2D eigenvalue weighted by atomic mass is 10.2. The number of ether oxygens (including phenoxy) is 1. The lowest BCUT2D eigenvalue weighted by Gasteiger charge is -2.15. The summed E-state index contributed by atoms with van der Waals surface area (Å²) in [5.74, 6) is 1.31. The average Bonchev–Trinajstić information content (AvgIpc) is 3.18. The molecule has 0 radical (unpaired) electrons. The van der Waals surface area contributed by atoms with Gasteiger partial charge in [-0.15, -0.1) is 5.10 Å². The van der Waals surface area contributed by atoms with Gasteiger partial charge in [-0.1, -0.05) is 11.8 Å². The number of hydrogen-bond acceptors (Lipinski definition) is 6. The molecule has 0 saturated carbocycles. The Bertz CT molecular complexity index is 672. The molecule has 126 valence electrons. The van der Waals surface area contributed by atoms with Crippen LogP contribution in [0.15, 0.2) is 34.5 Å². The Morgan fingerprint density at radius 1 is 1.29 bits per heavy atom. The third-order valence-electron chi connectivity index (χ3n) is 3.62. The maximum absolute atomic E-state index is 11.5. The van der Waals surface area contributed by atoms with Gasteiger partial charge >= 0.3 is 0 Å². The third-order valence-corrected chi connectivity index (χ3v) is 4.49. The summed E-state index contributed by atoms with van der Waals surface area (Å²) in [6.07, 6.45) is 3.21. The molecule has 1 aromatic carbocycles. The van der Waals surface area contributed by atoms with E-state index < -0.39 is 0 Å². The molecule has 1 aromatic rings. The van der Waals surface area contributed by atoms with Gasteiger partial charge in [0.1, 0.15) is 12.4 Å². The SMILES string of the molecule is O=C1CSC(=NN=Cc2ccc(OCCN3CCCC3=O)cc2)N1. The molecule has 0 atom stereocenters. The highest BCUT2D eigenvalue weighted by atomic mass is 32.2. The second-order valence-electron chi connectivity index (χ2n) is 5.39. The zero-order valence-corrected chi connectivity index (χ0v) is 13.9. The summed E-state index contributed by atoms with van der Waals surface area (Å²) in [7, 11) is 0. The maximum Gasteiger partial charge on any atom is 0.236 e. The highest BCUT2D eigenvalue weighted by Crippen LogP contribution is 2.13. The zero-order valence-electron chi connectivity index (χ0n) is 13.1. The first-order valence-corrected chi connectivity index (χ1v) is 8.73. The molecule has 2 aliphatic heterocycles. The fourth-order valence-corrected chi connectivity index (χ4v) is 3.02. The number of rotatable bonds is 6. The molecule has 8 heteroatoms. The van der Waals surface area contributed by atoms with Gasteiger partial charge in [-0.25, -0.2) is 0 Å². The highest BCUT2D eigenvalue weighted by molar-refractivity contribution is 8.15. The van der Waals surface area contributed by atoms with E-state index in [-0.39, 0.29) is 11.8 Å². The lowest BCUT2D eigenvalue weighted by molar-refractivity contribution is -0.128. The molecule has 1 N–H and O–H groups in total. The number of nitrogens with zero attached hydrogens (tertiary/aromatic N) is 3. The van der Waals surface area contributed by atoms with Crippen LogP contribution in [0.1, 0.15) is 18.4 Å². The molecule has 0 aliphatic carbocycles. The Labute approximate surface area is 144 Å². The minimum absolute atomic E-state index is 0.0499. The van der Waals surface area contributed by atoms with Crippen molar-refractivity contribution in [3.05, 3.63) is 29.8 Å². The van der Waals surface area contributed by atoms with Gasteiger partial charge in [-0.3, -0.25) is 9.59 Å². The molecule has 24 heavy (non-hydrogen) atoms. The van der Waals surface area contributed by atoms with Gasteiger partial charge in [-0.05, 0) is 36.2 Å². The highest BCUT2D eigenvalue weighted by Gasteiger charge is 2.19. The van der Waals surface area contributed by atoms with E-state index >= 15 is 0 Å². The maximum atomic E-state index is 11.5. The zero-order chi connectivity index (χ0) is 16.8. The van der Waals surface area contributed by atoms with Crippen molar-refractivity contribution in [1.82, 2.24) is 10.2 Å². The molecule has 0 spiro atoms. The number of amides is 2. The Balaban J connectivity index is 1.44. The van der Waals surface area contributed by atoms with Crippen LogP contribution in [-0.2, 0) is 9.59 Å². The Morgan fingerprint density at radius 2 is 2.12 bits per heavy atom. The summed E-state index contributed by atoms with van der Waals surface area (Å²) in [6.45, 7) is 1.95. The predicted molar refractivity (Wildman–Crippen MR) is 93.4 cm³/mol. The molecule has 2 heterocycles. The Kier molecular flexibility index (Phi) is 5.47. The van der Waals surface area contributed by atoms with E-state index in [4.69, 9.17) is 4.74 Å². The van der Waals surface area contributed by atoms with Crippen LogP contribution in [-0.4, -0.2) is 53.5 Å². The van der Waals surface area contributed by atoms with Crippen molar-refractivity contribution in [2.75, 3.05) is 25.4 Å². The van der Waals surface area contributed by atoms with Crippen LogP contribution in [0, 0.1) is 0 Å². The predicted octanol–water partition coefficient (Wildman–Crippen LogP) is 1.24. The number of carbonyl (C=O) groups excluding carboxylic acids is 2. The summed E-state index contributed by atoms with van der Waals surface area (Å²) >= 11 is 1.34. The molecule has 0 bridgehead atoms. The fraction of sp³-hybridized carbons (Fsp3) is 0.375. The van der Waals surface area contributed by atoms with Crippen molar-refractivity contribution in [2.45, 2.75) is 12.8 Å². The fourth-order valence-electron chi connectivity index (χ4n) is 2.39. The van der Waals surface area contributed by atoms with Gasteiger partial charge in [0, 0.05) is 13.0 Å². The number of hydrogen-bond donors (Lipinski definition) is 1. The first kappa shape index (κ1) is 16.5. The number of likely N-dealkylation sites (tertiary alicyclic amines) is 1. The van der Waals surface area contributed by atoms with E-state index in [9.17, 15) is 9.59 Å². The number of carbonyl (C=O) groups is 2. The van der Waals surface area contributed by atoms with Gasteiger partial charge in [0.2, 0.25) is 11.8 Å². The number of thioether (sulfide) groups is 1. The normalized spacial score (nSPS) is 19.5. The van der Waals surface area contributed by atoms with Crippen LogP contribution >= 0.6 is 11.8 Å². The molecular weight excluding hydrogens is 328 g/mol. The van der Waals surface area contributed by atoms with Crippen LogP contribution in [0.2, 0.25) is 0 Å². The smallest absolute Gasteiger partial charge is 0.236 e. The van der Waals surface area contributed by atoms with Crippen molar-refractivity contribution in [3.63, 3.8) is 0 Å². The lowest BCUT2D eigenvalue weighted by Crippen LogP contribution is -2.29. The summed E-state index contributed by atoms with van der Waals surface area (Å²) in [5.41, 5.74) is 0.885.